The molecule has 4 heterocycles. The first-order chi connectivity index (χ1) is 17.4. The molecular weight excluding hydrogens is 522 g/mol. The van der Waals surface area contributed by atoms with Crippen molar-refractivity contribution in [2.75, 3.05) is 26.2 Å². The molecule has 13 heteroatoms. The number of nitrogens with zero attached hydrogens (tertiary/aromatic N) is 3. The number of ether oxygens (including phenoxy) is 1. The zero-order chi connectivity index (χ0) is 25.3. The average molecular weight is 550 g/mol. The highest BCUT2D eigenvalue weighted by Gasteiger charge is 2.32. The number of benzene rings is 1. The van der Waals surface area contributed by atoms with Crippen LogP contribution < -0.4 is 10.9 Å². The van der Waals surface area contributed by atoms with Gasteiger partial charge in [0.25, 0.3) is 5.56 Å². The maximum atomic E-state index is 13.1. The maximum absolute atomic E-state index is 13.1. The van der Waals surface area contributed by atoms with Crippen LogP contribution in [0.3, 0.4) is 0 Å². The molecule has 0 amide bonds. The smallest absolute Gasteiger partial charge is 0.338 e. The monoisotopic (exact) mass is 549 g/mol. The van der Waals surface area contributed by atoms with E-state index in [1.54, 1.807) is 13.0 Å². The second-order valence-corrected chi connectivity index (χ2v) is 10.8. The van der Waals surface area contributed by atoms with E-state index in [1.807, 2.05) is 0 Å². The van der Waals surface area contributed by atoms with E-state index in [4.69, 9.17) is 9.26 Å². The van der Waals surface area contributed by atoms with Gasteiger partial charge in [0.2, 0.25) is 21.7 Å². The molecule has 0 atom stereocenters. The van der Waals surface area contributed by atoms with Crippen LogP contribution in [0.1, 0.15) is 53.2 Å². The van der Waals surface area contributed by atoms with Gasteiger partial charge in [0, 0.05) is 44.2 Å². The molecule has 2 aliphatic heterocycles. The molecule has 1 aromatic carbocycles. The summed E-state index contributed by atoms with van der Waals surface area (Å²) in [5, 5.41) is 7.30. The first-order valence-electron chi connectivity index (χ1n) is 11.9. The lowest BCUT2D eigenvalue weighted by Gasteiger charge is -2.29. The molecule has 2 aromatic heterocycles. The van der Waals surface area contributed by atoms with Crippen molar-refractivity contribution in [3.05, 3.63) is 63.4 Å². The van der Waals surface area contributed by atoms with Crippen molar-refractivity contribution in [1.29, 1.82) is 0 Å². The number of hydrogen-bond acceptors (Lipinski definition) is 9. The van der Waals surface area contributed by atoms with Gasteiger partial charge >= 0.3 is 5.97 Å². The third-order valence-corrected chi connectivity index (χ3v) is 8.48. The fourth-order valence-corrected chi connectivity index (χ4v) is 6.04. The van der Waals surface area contributed by atoms with Gasteiger partial charge in [-0.2, -0.15) is 9.29 Å². The Kier molecular flexibility index (Phi) is 8.12. The van der Waals surface area contributed by atoms with Gasteiger partial charge in [-0.15, -0.1) is 12.4 Å². The lowest BCUT2D eigenvalue weighted by molar-refractivity contribution is 0.0526. The molecule has 0 aliphatic carbocycles. The highest BCUT2D eigenvalue weighted by atomic mass is 35.5. The standard InChI is InChI=1S/C24H27N5O6S.ClH/c1-2-34-24(31)16-3-5-18(6-4-16)36(32,33)29-11-8-15(9-12-29)23-27-21(28-35-23)19-13-17-14-25-10-7-20(17)26-22(19)30;/h3-6,13,15,25H,2,7-12,14H2,1H3,(H,26,30);1H. The first kappa shape index (κ1) is 27.0. The van der Waals surface area contributed by atoms with E-state index in [-0.39, 0.29) is 54.3 Å². The SMILES string of the molecule is CCOC(=O)c1ccc(S(=O)(=O)N2CCC(c3nc(-c4cc5c([nH]c4=O)CCNC5)no3)CC2)cc1.Cl. The number of piperidine rings is 1. The summed E-state index contributed by atoms with van der Waals surface area (Å²) in [7, 11) is -3.71. The van der Waals surface area contributed by atoms with E-state index in [9.17, 15) is 18.0 Å². The van der Waals surface area contributed by atoms with Gasteiger partial charge in [0.15, 0.2) is 0 Å². The van der Waals surface area contributed by atoms with Gasteiger partial charge in [-0.05, 0) is 55.7 Å². The number of aromatic amines is 1. The molecule has 198 valence electrons. The third kappa shape index (κ3) is 5.47. The van der Waals surface area contributed by atoms with Crippen molar-refractivity contribution in [2.45, 2.75) is 43.5 Å². The number of carbonyl (C=O) groups excluding carboxylic acids is 1. The first-order valence-corrected chi connectivity index (χ1v) is 13.4. The van der Waals surface area contributed by atoms with E-state index >= 15 is 0 Å². The minimum Gasteiger partial charge on any atom is -0.462 e. The molecule has 11 nitrogen and oxygen atoms in total. The number of fused-ring (bicyclic) bond motifs is 1. The van der Waals surface area contributed by atoms with Crippen LogP contribution in [0, 0.1) is 0 Å². The predicted octanol–water partition coefficient (Wildman–Crippen LogP) is 2.24. The van der Waals surface area contributed by atoms with Gasteiger partial charge in [-0.1, -0.05) is 5.16 Å². The van der Waals surface area contributed by atoms with Crippen LogP contribution in [0.4, 0.5) is 0 Å². The number of pyridine rings is 1. The van der Waals surface area contributed by atoms with Crippen LogP contribution in [0.25, 0.3) is 11.4 Å². The summed E-state index contributed by atoms with van der Waals surface area (Å²) in [5.74, 6) is 0.0324. The number of H-pyrrole nitrogens is 1. The number of sulfonamides is 1. The summed E-state index contributed by atoms with van der Waals surface area (Å²) >= 11 is 0. The van der Waals surface area contributed by atoms with E-state index < -0.39 is 16.0 Å². The number of nitrogens with one attached hydrogen (secondary N) is 2. The molecular formula is C24H28ClN5O6S. The summed E-state index contributed by atoms with van der Waals surface area (Å²) in [5.41, 5.74) is 2.35. The van der Waals surface area contributed by atoms with Gasteiger partial charge < -0.3 is 19.6 Å². The van der Waals surface area contributed by atoms with Gasteiger partial charge in [0.05, 0.1) is 22.6 Å². The number of rotatable bonds is 6. The number of aromatic nitrogens is 3. The highest BCUT2D eigenvalue weighted by molar-refractivity contribution is 7.89. The Hall–Kier alpha value is -3.06. The molecule has 1 saturated heterocycles. The van der Waals surface area contributed by atoms with Crippen molar-refractivity contribution in [2.24, 2.45) is 0 Å². The fourth-order valence-electron chi connectivity index (χ4n) is 4.57. The van der Waals surface area contributed by atoms with Crippen molar-refractivity contribution >= 4 is 28.4 Å². The normalized spacial score (nSPS) is 16.6. The molecule has 0 spiro atoms. The van der Waals surface area contributed by atoms with E-state index in [0.717, 1.165) is 24.2 Å². The largest absolute Gasteiger partial charge is 0.462 e. The average Bonchev–Trinajstić information content (AvgIpc) is 3.39. The molecule has 0 saturated carbocycles. The molecule has 0 radical (unpaired) electrons. The van der Waals surface area contributed by atoms with E-state index in [0.29, 0.717) is 36.4 Å². The maximum Gasteiger partial charge on any atom is 0.338 e. The lowest BCUT2D eigenvalue weighted by Crippen LogP contribution is -2.38. The quantitative estimate of drug-likeness (QED) is 0.441. The highest BCUT2D eigenvalue weighted by Crippen LogP contribution is 2.31. The summed E-state index contributed by atoms with van der Waals surface area (Å²) in [6, 6.07) is 7.55. The summed E-state index contributed by atoms with van der Waals surface area (Å²) in [6.07, 6.45) is 1.78. The fraction of sp³-hybridized carbons (Fsp3) is 0.417. The van der Waals surface area contributed by atoms with Crippen LogP contribution in [0.15, 0.2) is 44.5 Å². The van der Waals surface area contributed by atoms with Crippen molar-refractivity contribution in [1.82, 2.24) is 24.7 Å². The Morgan fingerprint density at radius 1 is 1.22 bits per heavy atom. The minimum atomic E-state index is -3.71. The molecule has 0 unspecified atom stereocenters. The number of carbonyl (C=O) groups is 1. The predicted molar refractivity (Wildman–Crippen MR) is 136 cm³/mol. The molecule has 0 bridgehead atoms. The van der Waals surface area contributed by atoms with Crippen LogP contribution in [0.5, 0.6) is 0 Å². The Bertz CT molecular complexity index is 1430. The van der Waals surface area contributed by atoms with Crippen LogP contribution >= 0.6 is 12.4 Å². The third-order valence-electron chi connectivity index (χ3n) is 6.57. The van der Waals surface area contributed by atoms with Crippen LogP contribution in [-0.4, -0.2) is 60.1 Å². The van der Waals surface area contributed by atoms with E-state index in [2.05, 4.69) is 20.4 Å². The molecule has 1 fully saturated rings. The summed E-state index contributed by atoms with van der Waals surface area (Å²) in [6.45, 7) is 4.02. The second kappa shape index (κ2) is 11.1. The topological polar surface area (TPSA) is 147 Å². The van der Waals surface area contributed by atoms with Crippen molar-refractivity contribution in [3.8, 4) is 11.4 Å². The van der Waals surface area contributed by atoms with Gasteiger partial charge in [0.1, 0.15) is 0 Å². The Labute approximate surface area is 220 Å². The van der Waals surface area contributed by atoms with Gasteiger partial charge in [-0.3, -0.25) is 4.79 Å². The zero-order valence-electron chi connectivity index (χ0n) is 20.2. The lowest BCUT2D eigenvalue weighted by atomic mass is 9.98. The minimum absolute atomic E-state index is 0. The Morgan fingerprint density at radius 3 is 2.65 bits per heavy atom. The zero-order valence-corrected chi connectivity index (χ0v) is 21.9. The molecule has 2 aliphatic rings. The Balaban J connectivity index is 0.00000320. The molecule has 5 rings (SSSR count). The van der Waals surface area contributed by atoms with Crippen LogP contribution in [-0.2, 0) is 27.7 Å². The summed E-state index contributed by atoms with van der Waals surface area (Å²) < 4.78 is 38.0. The van der Waals surface area contributed by atoms with E-state index in [1.165, 1.54) is 28.6 Å². The number of halogens is 1. The molecule has 2 N–H and O–H groups in total. The summed E-state index contributed by atoms with van der Waals surface area (Å²) in [4.78, 5) is 31.9. The van der Waals surface area contributed by atoms with Crippen molar-refractivity contribution in [3.63, 3.8) is 0 Å². The molecule has 37 heavy (non-hydrogen) atoms. The van der Waals surface area contributed by atoms with Crippen LogP contribution in [0.2, 0.25) is 0 Å². The second-order valence-electron chi connectivity index (χ2n) is 8.82. The van der Waals surface area contributed by atoms with Gasteiger partial charge in [-0.25, -0.2) is 13.2 Å². The molecule has 3 aromatic rings. The Morgan fingerprint density at radius 2 is 1.95 bits per heavy atom. The number of esters is 1. The number of hydrogen-bond donors (Lipinski definition) is 2. The van der Waals surface area contributed by atoms with Crippen molar-refractivity contribution < 1.29 is 22.5 Å².